The zero-order chi connectivity index (χ0) is 17.5. The summed E-state index contributed by atoms with van der Waals surface area (Å²) in [6.07, 6.45) is -1.78. The predicted octanol–water partition coefficient (Wildman–Crippen LogP) is 0.461. The second-order valence-corrected chi connectivity index (χ2v) is 5.86. The highest BCUT2D eigenvalue weighted by Crippen LogP contribution is 2.23. The minimum absolute atomic E-state index is 0.108. The van der Waals surface area contributed by atoms with Gasteiger partial charge in [-0.15, -0.1) is 0 Å². The number of hydrogen-bond acceptors (Lipinski definition) is 6. The van der Waals surface area contributed by atoms with Crippen molar-refractivity contribution in [1.29, 1.82) is 0 Å². The van der Waals surface area contributed by atoms with Gasteiger partial charge in [-0.25, -0.2) is 4.79 Å². The number of benzene rings is 1. The van der Waals surface area contributed by atoms with Crippen molar-refractivity contribution < 1.29 is 29.6 Å². The van der Waals surface area contributed by atoms with Crippen molar-refractivity contribution in [3.63, 3.8) is 0 Å². The molecule has 0 spiro atoms. The third-order valence-corrected chi connectivity index (χ3v) is 4.19. The van der Waals surface area contributed by atoms with Crippen LogP contribution in [0.5, 0.6) is 0 Å². The number of amides is 1. The van der Waals surface area contributed by atoms with Gasteiger partial charge in [0.15, 0.2) is 5.78 Å². The van der Waals surface area contributed by atoms with Crippen molar-refractivity contribution in [3.8, 4) is 0 Å². The van der Waals surface area contributed by atoms with Crippen LogP contribution in [0.4, 0.5) is 4.79 Å². The topological polar surface area (TPSA) is 107 Å². The van der Waals surface area contributed by atoms with E-state index in [1.807, 2.05) is 30.3 Å². The molecule has 7 nitrogen and oxygen atoms in total. The number of ketones is 1. The van der Waals surface area contributed by atoms with Crippen LogP contribution in [-0.2, 0) is 16.1 Å². The zero-order valence-electron chi connectivity index (χ0n) is 13.4. The molecule has 1 aliphatic rings. The molecule has 0 saturated carbocycles. The van der Waals surface area contributed by atoms with Crippen LogP contribution in [0.3, 0.4) is 0 Å². The summed E-state index contributed by atoms with van der Waals surface area (Å²) in [5, 5.41) is 28.8. The van der Waals surface area contributed by atoms with Gasteiger partial charge in [0.2, 0.25) is 0 Å². The van der Waals surface area contributed by atoms with Gasteiger partial charge in [0.25, 0.3) is 0 Å². The van der Waals surface area contributed by atoms with E-state index in [1.165, 1.54) is 4.90 Å². The van der Waals surface area contributed by atoms with E-state index in [4.69, 9.17) is 9.84 Å². The molecule has 3 N–H and O–H groups in total. The zero-order valence-corrected chi connectivity index (χ0v) is 13.4. The summed E-state index contributed by atoms with van der Waals surface area (Å²) < 4.78 is 5.27. The molecule has 1 aromatic rings. The van der Waals surface area contributed by atoms with Crippen LogP contribution < -0.4 is 0 Å². The van der Waals surface area contributed by atoms with E-state index in [0.717, 1.165) is 18.4 Å². The van der Waals surface area contributed by atoms with Crippen LogP contribution in [0.1, 0.15) is 24.8 Å². The molecule has 7 heteroatoms. The van der Waals surface area contributed by atoms with Crippen LogP contribution in [0.2, 0.25) is 0 Å². The lowest BCUT2D eigenvalue weighted by Gasteiger charge is -2.38. The Labute approximate surface area is 140 Å². The average molecular weight is 337 g/mol. The largest absolute Gasteiger partial charge is 0.445 e. The van der Waals surface area contributed by atoms with Crippen LogP contribution in [-0.4, -0.2) is 63.5 Å². The Morgan fingerprint density at radius 3 is 2.58 bits per heavy atom. The quantitative estimate of drug-likeness (QED) is 0.696. The molecule has 0 aromatic heterocycles. The van der Waals surface area contributed by atoms with E-state index in [1.54, 1.807) is 0 Å². The summed E-state index contributed by atoms with van der Waals surface area (Å²) in [5.41, 5.74) is 0.843. The first kappa shape index (κ1) is 18.4. The van der Waals surface area contributed by atoms with Crippen LogP contribution in [0, 0.1) is 0 Å². The summed E-state index contributed by atoms with van der Waals surface area (Å²) in [6.45, 7) is -0.365. The number of piperidine rings is 1. The SMILES string of the molecule is O=C(CO)C(O)C(O)C1CCCCN1C(=O)OCc1ccccc1. The Balaban J connectivity index is 1.99. The first-order valence-electron chi connectivity index (χ1n) is 8.01. The number of carbonyl (C=O) groups is 2. The first-order chi connectivity index (χ1) is 11.5. The van der Waals surface area contributed by atoms with Gasteiger partial charge in [-0.1, -0.05) is 30.3 Å². The number of ether oxygens (including phenoxy) is 1. The third kappa shape index (κ3) is 4.53. The molecule has 0 radical (unpaired) electrons. The third-order valence-electron chi connectivity index (χ3n) is 4.19. The van der Waals surface area contributed by atoms with Crippen molar-refractivity contribution >= 4 is 11.9 Å². The first-order valence-corrected chi connectivity index (χ1v) is 8.01. The lowest BCUT2D eigenvalue weighted by molar-refractivity contribution is -0.139. The van der Waals surface area contributed by atoms with E-state index in [2.05, 4.69) is 0 Å². The number of aliphatic hydroxyl groups is 3. The van der Waals surface area contributed by atoms with Gasteiger partial charge in [0.1, 0.15) is 25.4 Å². The standard InChI is InChI=1S/C17H23NO6/c19-10-14(20)16(22)15(21)13-8-4-5-9-18(13)17(23)24-11-12-6-2-1-3-7-12/h1-3,6-7,13,15-16,19,21-22H,4-5,8-11H2. The molecule has 3 atom stereocenters. The van der Waals surface area contributed by atoms with E-state index >= 15 is 0 Å². The van der Waals surface area contributed by atoms with Crippen molar-refractivity contribution in [2.24, 2.45) is 0 Å². The highest BCUT2D eigenvalue weighted by atomic mass is 16.6. The Kier molecular flexibility index (Phi) is 6.72. The van der Waals surface area contributed by atoms with Gasteiger partial charge in [0.05, 0.1) is 6.04 Å². The summed E-state index contributed by atoms with van der Waals surface area (Å²) in [7, 11) is 0. The summed E-state index contributed by atoms with van der Waals surface area (Å²) >= 11 is 0. The minimum Gasteiger partial charge on any atom is -0.445 e. The van der Waals surface area contributed by atoms with E-state index in [-0.39, 0.29) is 6.61 Å². The Hall–Kier alpha value is -1.96. The summed E-state index contributed by atoms with van der Waals surface area (Å²) in [6, 6.07) is 8.49. The van der Waals surface area contributed by atoms with Gasteiger partial charge in [-0.2, -0.15) is 0 Å². The van der Waals surface area contributed by atoms with E-state index < -0.39 is 36.7 Å². The maximum absolute atomic E-state index is 12.3. The van der Waals surface area contributed by atoms with Gasteiger partial charge in [-0.3, -0.25) is 4.79 Å². The van der Waals surface area contributed by atoms with Crippen molar-refractivity contribution in [1.82, 2.24) is 4.90 Å². The number of carbonyl (C=O) groups excluding carboxylic acids is 2. The molecule has 1 saturated heterocycles. The second kappa shape index (κ2) is 8.77. The molecule has 1 aromatic carbocycles. The van der Waals surface area contributed by atoms with E-state index in [0.29, 0.717) is 13.0 Å². The fourth-order valence-electron chi connectivity index (χ4n) is 2.84. The number of nitrogens with zero attached hydrogens (tertiary/aromatic N) is 1. The summed E-state index contributed by atoms with van der Waals surface area (Å²) in [4.78, 5) is 25.1. The summed E-state index contributed by atoms with van der Waals surface area (Å²) in [5.74, 6) is -0.870. The average Bonchev–Trinajstić information content (AvgIpc) is 2.65. The molecule has 1 heterocycles. The highest BCUT2D eigenvalue weighted by molar-refractivity contribution is 5.84. The number of aliphatic hydroxyl groups excluding tert-OH is 3. The maximum atomic E-state index is 12.3. The molecular weight excluding hydrogens is 314 g/mol. The van der Waals surface area contributed by atoms with Crippen molar-refractivity contribution in [3.05, 3.63) is 35.9 Å². The Morgan fingerprint density at radius 1 is 1.21 bits per heavy atom. The Bertz CT molecular complexity index is 549. The van der Waals surface area contributed by atoms with Crippen molar-refractivity contribution in [2.45, 2.75) is 44.1 Å². The second-order valence-electron chi connectivity index (χ2n) is 5.86. The van der Waals surface area contributed by atoms with Gasteiger partial charge < -0.3 is 25.0 Å². The number of likely N-dealkylation sites (tertiary alicyclic amines) is 1. The minimum atomic E-state index is -1.72. The fourth-order valence-corrected chi connectivity index (χ4v) is 2.84. The highest BCUT2D eigenvalue weighted by Gasteiger charge is 2.38. The lowest BCUT2D eigenvalue weighted by atomic mass is 9.93. The molecule has 132 valence electrons. The molecule has 0 bridgehead atoms. The van der Waals surface area contributed by atoms with Crippen LogP contribution in [0.15, 0.2) is 30.3 Å². The Morgan fingerprint density at radius 2 is 1.92 bits per heavy atom. The number of hydrogen-bond donors (Lipinski definition) is 3. The number of rotatable bonds is 6. The lowest BCUT2D eigenvalue weighted by Crippen LogP contribution is -2.55. The normalized spacial score (nSPS) is 20.3. The predicted molar refractivity (Wildman–Crippen MR) is 85.1 cm³/mol. The monoisotopic (exact) mass is 337 g/mol. The smallest absolute Gasteiger partial charge is 0.410 e. The maximum Gasteiger partial charge on any atom is 0.410 e. The molecule has 2 rings (SSSR count). The van der Waals surface area contributed by atoms with Gasteiger partial charge in [0, 0.05) is 6.54 Å². The van der Waals surface area contributed by atoms with Crippen LogP contribution in [0.25, 0.3) is 0 Å². The number of Topliss-reactive ketones (excluding diaryl/α,β-unsaturated/α-hetero) is 1. The molecule has 1 fully saturated rings. The molecule has 3 unspecified atom stereocenters. The molecule has 1 amide bonds. The van der Waals surface area contributed by atoms with Gasteiger partial charge in [-0.05, 0) is 24.8 Å². The molecule has 1 aliphatic heterocycles. The molecular formula is C17H23NO6. The van der Waals surface area contributed by atoms with Crippen molar-refractivity contribution in [2.75, 3.05) is 13.2 Å². The molecule has 24 heavy (non-hydrogen) atoms. The van der Waals surface area contributed by atoms with Crippen LogP contribution >= 0.6 is 0 Å². The molecule has 0 aliphatic carbocycles. The van der Waals surface area contributed by atoms with Gasteiger partial charge >= 0.3 is 6.09 Å². The van der Waals surface area contributed by atoms with E-state index in [9.17, 15) is 19.8 Å². The fraction of sp³-hybridized carbons (Fsp3) is 0.529.